The summed E-state index contributed by atoms with van der Waals surface area (Å²) in [6.45, 7) is 0.272. The van der Waals surface area contributed by atoms with Crippen LogP contribution in [0.15, 0.2) is 29.4 Å². The highest BCUT2D eigenvalue weighted by atomic mass is 35.5. The molecule has 0 amide bonds. The fourth-order valence-corrected chi connectivity index (χ4v) is 3.22. The molecule has 7 nitrogen and oxygen atoms in total. The zero-order valence-electron chi connectivity index (χ0n) is 10.5. The van der Waals surface area contributed by atoms with Gasteiger partial charge in [0.05, 0.1) is 5.02 Å². The van der Waals surface area contributed by atoms with Crippen molar-refractivity contribution in [2.75, 3.05) is 12.3 Å². The maximum atomic E-state index is 12.1. The van der Waals surface area contributed by atoms with Gasteiger partial charge < -0.3 is 5.73 Å². The summed E-state index contributed by atoms with van der Waals surface area (Å²) in [7, 11) is -3.66. The van der Waals surface area contributed by atoms with Gasteiger partial charge in [0.2, 0.25) is 10.0 Å². The molecule has 0 atom stereocenters. The molecule has 108 valence electrons. The molecule has 0 saturated carbocycles. The summed E-state index contributed by atoms with van der Waals surface area (Å²) in [5.74, 6) is 0.714. The Morgan fingerprint density at radius 3 is 2.90 bits per heavy atom. The van der Waals surface area contributed by atoms with Gasteiger partial charge in [-0.2, -0.15) is 5.10 Å². The van der Waals surface area contributed by atoms with E-state index < -0.39 is 10.0 Å². The SMILES string of the molecule is Nc1ccc(Cl)c(S(=O)(=O)NCCCc2ncn[nH]2)c1. The summed E-state index contributed by atoms with van der Waals surface area (Å²) in [5.41, 5.74) is 5.92. The van der Waals surface area contributed by atoms with E-state index in [1.807, 2.05) is 0 Å². The van der Waals surface area contributed by atoms with Crippen molar-refractivity contribution < 1.29 is 8.42 Å². The van der Waals surface area contributed by atoms with Crippen LogP contribution >= 0.6 is 11.6 Å². The van der Waals surface area contributed by atoms with Gasteiger partial charge in [-0.15, -0.1) is 0 Å². The first-order valence-electron chi connectivity index (χ1n) is 5.88. The van der Waals surface area contributed by atoms with Crippen LogP contribution in [0.3, 0.4) is 0 Å². The van der Waals surface area contributed by atoms with E-state index in [0.717, 1.165) is 0 Å². The molecule has 1 heterocycles. The molecule has 0 saturated heterocycles. The summed E-state index contributed by atoms with van der Waals surface area (Å²) in [5, 5.41) is 6.56. The fourth-order valence-electron chi connectivity index (χ4n) is 1.62. The first-order chi connectivity index (χ1) is 9.49. The third-order valence-electron chi connectivity index (χ3n) is 2.59. The van der Waals surface area contributed by atoms with Crippen LogP contribution < -0.4 is 10.5 Å². The first kappa shape index (κ1) is 14.8. The Hall–Kier alpha value is -1.64. The second-order valence-corrected chi connectivity index (χ2v) is 6.27. The van der Waals surface area contributed by atoms with Crippen LogP contribution in [0, 0.1) is 0 Å². The monoisotopic (exact) mass is 315 g/mol. The van der Waals surface area contributed by atoms with Gasteiger partial charge in [-0.25, -0.2) is 18.1 Å². The number of aromatic amines is 1. The van der Waals surface area contributed by atoms with Gasteiger partial charge in [-0.05, 0) is 24.6 Å². The topological polar surface area (TPSA) is 114 Å². The average molecular weight is 316 g/mol. The number of nitrogens with one attached hydrogen (secondary N) is 2. The third-order valence-corrected chi connectivity index (χ3v) is 4.53. The minimum absolute atomic E-state index is 0.0150. The van der Waals surface area contributed by atoms with E-state index in [9.17, 15) is 8.42 Å². The largest absolute Gasteiger partial charge is 0.399 e. The quantitative estimate of drug-likeness (QED) is 0.542. The molecule has 0 radical (unpaired) electrons. The molecule has 2 aromatic rings. The van der Waals surface area contributed by atoms with Crippen LogP contribution in [0.25, 0.3) is 0 Å². The smallest absolute Gasteiger partial charge is 0.242 e. The van der Waals surface area contributed by atoms with Crippen molar-refractivity contribution in [1.82, 2.24) is 19.9 Å². The highest BCUT2D eigenvalue weighted by Crippen LogP contribution is 2.23. The van der Waals surface area contributed by atoms with Gasteiger partial charge in [0.25, 0.3) is 0 Å². The number of aromatic nitrogens is 3. The summed E-state index contributed by atoms with van der Waals surface area (Å²) < 4.78 is 26.6. The number of anilines is 1. The number of benzene rings is 1. The van der Waals surface area contributed by atoms with E-state index in [1.165, 1.54) is 18.5 Å². The highest BCUT2D eigenvalue weighted by molar-refractivity contribution is 7.89. The first-order valence-corrected chi connectivity index (χ1v) is 7.74. The van der Waals surface area contributed by atoms with Crippen LogP contribution in [0.4, 0.5) is 5.69 Å². The van der Waals surface area contributed by atoms with Crippen LogP contribution in [-0.4, -0.2) is 30.1 Å². The number of hydrogen-bond acceptors (Lipinski definition) is 5. The Balaban J connectivity index is 1.95. The molecular weight excluding hydrogens is 302 g/mol. The normalized spacial score (nSPS) is 11.7. The Labute approximate surface area is 121 Å². The molecule has 1 aromatic carbocycles. The van der Waals surface area contributed by atoms with Crippen molar-refractivity contribution >= 4 is 27.3 Å². The molecule has 0 aliphatic carbocycles. The number of halogens is 1. The summed E-state index contributed by atoms with van der Waals surface area (Å²) >= 11 is 5.88. The molecular formula is C11H14ClN5O2S. The Kier molecular flexibility index (Phi) is 4.58. The van der Waals surface area contributed by atoms with Crippen molar-refractivity contribution in [2.45, 2.75) is 17.7 Å². The zero-order valence-corrected chi connectivity index (χ0v) is 12.1. The second kappa shape index (κ2) is 6.21. The van der Waals surface area contributed by atoms with Crippen LogP contribution in [0.1, 0.15) is 12.2 Å². The Bertz CT molecular complexity index is 672. The molecule has 9 heteroatoms. The number of nitrogens with two attached hydrogens (primary N) is 1. The van der Waals surface area contributed by atoms with Gasteiger partial charge in [0.1, 0.15) is 17.0 Å². The number of nitrogens with zero attached hydrogens (tertiary/aromatic N) is 2. The minimum atomic E-state index is -3.66. The highest BCUT2D eigenvalue weighted by Gasteiger charge is 2.17. The second-order valence-electron chi connectivity index (χ2n) is 4.12. The predicted octanol–water partition coefficient (Wildman–Crippen LogP) is 0.951. The standard InChI is InChI=1S/C11H14ClN5O2S/c12-9-4-3-8(13)6-10(9)20(18,19)16-5-1-2-11-14-7-15-17-11/h3-4,6-7,16H,1-2,5,13H2,(H,14,15,17). The molecule has 0 aliphatic rings. The number of aryl methyl sites for hydroxylation is 1. The lowest BCUT2D eigenvalue weighted by Gasteiger charge is -2.08. The summed E-state index contributed by atoms with van der Waals surface area (Å²) in [6, 6.07) is 4.34. The fraction of sp³-hybridized carbons (Fsp3) is 0.273. The third kappa shape index (κ3) is 3.69. The van der Waals surface area contributed by atoms with E-state index in [1.54, 1.807) is 6.07 Å². The van der Waals surface area contributed by atoms with Gasteiger partial charge in [0.15, 0.2) is 0 Å². The molecule has 0 fully saturated rings. The Morgan fingerprint density at radius 1 is 1.40 bits per heavy atom. The predicted molar refractivity (Wildman–Crippen MR) is 75.8 cm³/mol. The number of rotatable bonds is 6. The van der Waals surface area contributed by atoms with Crippen LogP contribution in [0.2, 0.25) is 5.02 Å². The molecule has 0 aliphatic heterocycles. The van der Waals surface area contributed by atoms with Crippen LogP contribution in [-0.2, 0) is 16.4 Å². The molecule has 20 heavy (non-hydrogen) atoms. The van der Waals surface area contributed by atoms with Crippen molar-refractivity contribution in [3.05, 3.63) is 35.4 Å². The van der Waals surface area contributed by atoms with Crippen LogP contribution in [0.5, 0.6) is 0 Å². The van der Waals surface area contributed by atoms with E-state index in [0.29, 0.717) is 24.4 Å². The maximum Gasteiger partial charge on any atom is 0.242 e. The van der Waals surface area contributed by atoms with Gasteiger partial charge >= 0.3 is 0 Å². The average Bonchev–Trinajstić information content (AvgIpc) is 2.90. The number of sulfonamides is 1. The van der Waals surface area contributed by atoms with E-state index in [2.05, 4.69) is 19.9 Å². The van der Waals surface area contributed by atoms with Crippen molar-refractivity contribution in [2.24, 2.45) is 0 Å². The number of H-pyrrole nitrogens is 1. The van der Waals surface area contributed by atoms with E-state index >= 15 is 0 Å². The minimum Gasteiger partial charge on any atom is -0.399 e. The molecule has 2 rings (SSSR count). The van der Waals surface area contributed by atoms with Crippen molar-refractivity contribution in [3.63, 3.8) is 0 Å². The molecule has 0 spiro atoms. The number of nitrogen functional groups attached to an aromatic ring is 1. The lowest BCUT2D eigenvalue weighted by atomic mass is 10.3. The van der Waals surface area contributed by atoms with E-state index in [-0.39, 0.29) is 16.5 Å². The van der Waals surface area contributed by atoms with E-state index in [4.69, 9.17) is 17.3 Å². The maximum absolute atomic E-state index is 12.1. The zero-order chi connectivity index (χ0) is 14.6. The molecule has 0 unspecified atom stereocenters. The summed E-state index contributed by atoms with van der Waals surface area (Å²) in [6.07, 6.45) is 2.60. The van der Waals surface area contributed by atoms with Gasteiger partial charge in [0, 0.05) is 18.7 Å². The molecule has 1 aromatic heterocycles. The number of hydrogen-bond donors (Lipinski definition) is 3. The lowest BCUT2D eigenvalue weighted by molar-refractivity contribution is 0.578. The van der Waals surface area contributed by atoms with Crippen molar-refractivity contribution in [1.29, 1.82) is 0 Å². The molecule has 4 N–H and O–H groups in total. The lowest BCUT2D eigenvalue weighted by Crippen LogP contribution is -2.25. The van der Waals surface area contributed by atoms with Gasteiger partial charge in [-0.3, -0.25) is 5.10 Å². The Morgan fingerprint density at radius 2 is 2.20 bits per heavy atom. The van der Waals surface area contributed by atoms with Crippen molar-refractivity contribution in [3.8, 4) is 0 Å². The van der Waals surface area contributed by atoms with Gasteiger partial charge in [-0.1, -0.05) is 11.6 Å². The molecule has 0 bridgehead atoms. The summed E-state index contributed by atoms with van der Waals surface area (Å²) in [4.78, 5) is 3.94.